The fourth-order valence-corrected chi connectivity index (χ4v) is 7.68. The molecule has 0 aromatic heterocycles. The lowest BCUT2D eigenvalue weighted by Crippen LogP contribution is -2.69. The van der Waals surface area contributed by atoms with Gasteiger partial charge in [0.05, 0.1) is 6.04 Å². The molecule has 5 atom stereocenters. The van der Waals surface area contributed by atoms with E-state index in [1.165, 1.54) is 30.5 Å². The molecule has 2 aromatic rings. The van der Waals surface area contributed by atoms with Crippen LogP contribution in [0.1, 0.15) is 59.2 Å². The standard InChI is InChI=1S/C28H33N3O3/c29-14-16-3-5-18(6-4-16)27(33)30-21-9-8-20-22-13-19-7-10-23(32)25-24(19)28(20,26(21)34-25)11-12-31(22)15-17-1-2-17/h3-7,10,17,20-22,26,32H,1-2,8-9,11-15,29H2,(H,30,33)/t20-,21+,22+,26-,28-/m0/s1. The van der Waals surface area contributed by atoms with E-state index in [-0.39, 0.29) is 29.2 Å². The van der Waals surface area contributed by atoms with Crippen molar-refractivity contribution in [3.05, 3.63) is 58.7 Å². The SMILES string of the molecule is NCc1ccc(C(=O)N[C@@H]2CC[C@H]3[C@H]4Cc5ccc(O)c6c5[C@@]3(CCN4CC3CC3)[C@H]2O6)cc1. The Labute approximate surface area is 200 Å². The molecule has 2 bridgehead atoms. The van der Waals surface area contributed by atoms with Crippen molar-refractivity contribution in [2.75, 3.05) is 13.1 Å². The van der Waals surface area contributed by atoms with Gasteiger partial charge in [0.2, 0.25) is 0 Å². The molecule has 178 valence electrons. The summed E-state index contributed by atoms with van der Waals surface area (Å²) in [5, 5.41) is 14.1. The number of nitrogens with zero attached hydrogens (tertiary/aromatic N) is 1. The summed E-state index contributed by atoms with van der Waals surface area (Å²) in [7, 11) is 0. The van der Waals surface area contributed by atoms with Crippen molar-refractivity contribution in [3.63, 3.8) is 0 Å². The Morgan fingerprint density at radius 3 is 2.74 bits per heavy atom. The number of carbonyl (C=O) groups is 1. The average molecular weight is 460 g/mol. The molecule has 5 aliphatic rings. The maximum atomic E-state index is 13.2. The van der Waals surface area contributed by atoms with Gasteiger partial charge in [-0.2, -0.15) is 0 Å². The second-order valence-electron chi connectivity index (χ2n) is 11.2. The van der Waals surface area contributed by atoms with Crippen LogP contribution in [0, 0.1) is 11.8 Å². The maximum Gasteiger partial charge on any atom is 0.251 e. The highest BCUT2D eigenvalue weighted by molar-refractivity contribution is 5.94. The number of nitrogens with one attached hydrogen (secondary N) is 1. The molecule has 3 fully saturated rings. The predicted octanol–water partition coefficient (Wildman–Crippen LogP) is 3.10. The molecule has 1 saturated heterocycles. The summed E-state index contributed by atoms with van der Waals surface area (Å²) < 4.78 is 6.62. The molecule has 0 radical (unpaired) electrons. The highest BCUT2D eigenvalue weighted by atomic mass is 16.5. The van der Waals surface area contributed by atoms with Gasteiger partial charge in [-0.25, -0.2) is 0 Å². The number of rotatable bonds is 5. The second kappa shape index (κ2) is 7.46. The zero-order valence-corrected chi connectivity index (χ0v) is 19.5. The van der Waals surface area contributed by atoms with Crippen molar-refractivity contribution in [2.45, 2.75) is 68.7 Å². The molecule has 6 heteroatoms. The van der Waals surface area contributed by atoms with Crippen LogP contribution in [-0.2, 0) is 18.4 Å². The van der Waals surface area contributed by atoms with Gasteiger partial charge in [-0.1, -0.05) is 18.2 Å². The third-order valence-electron chi connectivity index (χ3n) is 9.39. The fourth-order valence-electron chi connectivity index (χ4n) is 7.68. The smallest absolute Gasteiger partial charge is 0.251 e. The molecule has 2 aliphatic heterocycles. The van der Waals surface area contributed by atoms with E-state index in [2.05, 4.69) is 16.3 Å². The first kappa shape index (κ1) is 20.8. The van der Waals surface area contributed by atoms with Crippen LogP contribution in [0.4, 0.5) is 0 Å². The van der Waals surface area contributed by atoms with Crippen LogP contribution in [0.15, 0.2) is 36.4 Å². The first-order chi connectivity index (χ1) is 16.6. The number of hydrogen-bond donors (Lipinski definition) is 3. The van der Waals surface area contributed by atoms with Gasteiger partial charge in [0.15, 0.2) is 11.5 Å². The molecule has 4 N–H and O–H groups in total. The molecule has 7 rings (SSSR count). The van der Waals surface area contributed by atoms with Gasteiger partial charge in [0.1, 0.15) is 6.10 Å². The molecular formula is C28H33N3O3. The Bertz CT molecular complexity index is 1140. The Balaban J connectivity index is 1.23. The summed E-state index contributed by atoms with van der Waals surface area (Å²) in [6.45, 7) is 2.77. The zero-order chi connectivity index (χ0) is 23.0. The number of amides is 1. The Morgan fingerprint density at radius 1 is 1.15 bits per heavy atom. The zero-order valence-electron chi connectivity index (χ0n) is 19.5. The minimum absolute atomic E-state index is 0.0639. The van der Waals surface area contributed by atoms with Crippen LogP contribution >= 0.6 is 0 Å². The number of ether oxygens (including phenoxy) is 1. The number of benzene rings is 2. The van der Waals surface area contributed by atoms with Crippen LogP contribution in [0.25, 0.3) is 0 Å². The van der Waals surface area contributed by atoms with Crippen molar-refractivity contribution < 1.29 is 14.6 Å². The first-order valence-corrected chi connectivity index (χ1v) is 12.9. The first-order valence-electron chi connectivity index (χ1n) is 12.9. The number of likely N-dealkylation sites (tertiary alicyclic amines) is 1. The van der Waals surface area contributed by atoms with Crippen molar-refractivity contribution in [1.82, 2.24) is 10.2 Å². The number of phenols is 1. The van der Waals surface area contributed by atoms with Gasteiger partial charge in [0.25, 0.3) is 5.91 Å². The van der Waals surface area contributed by atoms with Crippen LogP contribution in [0.5, 0.6) is 11.5 Å². The van der Waals surface area contributed by atoms with Crippen molar-refractivity contribution in [3.8, 4) is 11.5 Å². The molecule has 2 saturated carbocycles. The van der Waals surface area contributed by atoms with E-state index >= 15 is 0 Å². The minimum atomic E-state index is -0.133. The number of phenolic OH excluding ortho intramolecular Hbond substituents is 1. The summed E-state index contributed by atoms with van der Waals surface area (Å²) in [4.78, 5) is 16.0. The number of carbonyl (C=O) groups excluding carboxylic acids is 1. The van der Waals surface area contributed by atoms with Crippen molar-refractivity contribution >= 4 is 5.91 Å². The third kappa shape index (κ3) is 2.91. The number of aromatic hydroxyl groups is 1. The van der Waals surface area contributed by atoms with Gasteiger partial charge in [-0.3, -0.25) is 9.69 Å². The highest BCUT2D eigenvalue weighted by Crippen LogP contribution is 2.64. The van der Waals surface area contributed by atoms with Crippen molar-refractivity contribution in [1.29, 1.82) is 0 Å². The van der Waals surface area contributed by atoms with E-state index < -0.39 is 0 Å². The molecule has 1 spiro atoms. The lowest BCUT2D eigenvalue weighted by Gasteiger charge is -2.59. The van der Waals surface area contributed by atoms with E-state index in [1.807, 2.05) is 24.3 Å². The Kier molecular flexibility index (Phi) is 4.56. The molecule has 1 amide bonds. The van der Waals surface area contributed by atoms with Gasteiger partial charge in [0, 0.05) is 35.7 Å². The number of nitrogens with two attached hydrogens (primary N) is 1. The summed E-state index contributed by atoms with van der Waals surface area (Å²) in [6.07, 6.45) is 6.68. The van der Waals surface area contributed by atoms with Crippen LogP contribution in [-0.4, -0.2) is 47.2 Å². The topological polar surface area (TPSA) is 87.8 Å². The number of piperidine rings is 1. The normalized spacial score (nSPS) is 33.2. The Hall–Kier alpha value is -2.57. The van der Waals surface area contributed by atoms with Crippen LogP contribution in [0.3, 0.4) is 0 Å². The molecule has 34 heavy (non-hydrogen) atoms. The minimum Gasteiger partial charge on any atom is -0.504 e. The molecular weight excluding hydrogens is 426 g/mol. The summed E-state index contributed by atoms with van der Waals surface area (Å²) in [5.41, 5.74) is 9.84. The van der Waals surface area contributed by atoms with Crippen LogP contribution < -0.4 is 15.8 Å². The van der Waals surface area contributed by atoms with Gasteiger partial charge >= 0.3 is 0 Å². The average Bonchev–Trinajstić information content (AvgIpc) is 3.60. The summed E-state index contributed by atoms with van der Waals surface area (Å²) >= 11 is 0. The molecule has 0 unspecified atom stereocenters. The molecule has 6 nitrogen and oxygen atoms in total. The lowest BCUT2D eigenvalue weighted by molar-refractivity contribution is -0.0647. The van der Waals surface area contributed by atoms with Crippen molar-refractivity contribution in [2.24, 2.45) is 17.6 Å². The Morgan fingerprint density at radius 2 is 1.97 bits per heavy atom. The van der Waals surface area contributed by atoms with E-state index in [9.17, 15) is 9.90 Å². The number of hydrogen-bond acceptors (Lipinski definition) is 5. The predicted molar refractivity (Wildman–Crippen MR) is 129 cm³/mol. The summed E-state index contributed by atoms with van der Waals surface area (Å²) in [6, 6.07) is 11.9. The van der Waals surface area contributed by atoms with Gasteiger partial charge in [-0.05, 0) is 86.2 Å². The summed E-state index contributed by atoms with van der Waals surface area (Å²) in [5.74, 6) is 2.24. The van der Waals surface area contributed by atoms with E-state index in [0.717, 1.165) is 43.7 Å². The highest BCUT2D eigenvalue weighted by Gasteiger charge is 2.66. The van der Waals surface area contributed by atoms with E-state index in [4.69, 9.17) is 10.5 Å². The molecule has 2 aromatic carbocycles. The monoisotopic (exact) mass is 459 g/mol. The van der Waals surface area contributed by atoms with Gasteiger partial charge in [-0.15, -0.1) is 0 Å². The maximum absolute atomic E-state index is 13.2. The quantitative estimate of drug-likeness (QED) is 0.640. The van der Waals surface area contributed by atoms with E-state index in [1.54, 1.807) is 6.07 Å². The lowest BCUT2D eigenvalue weighted by atomic mass is 9.51. The van der Waals surface area contributed by atoms with Gasteiger partial charge < -0.3 is 20.9 Å². The molecule has 2 heterocycles. The van der Waals surface area contributed by atoms with Crippen LogP contribution in [0.2, 0.25) is 0 Å². The molecule has 3 aliphatic carbocycles. The fraction of sp³-hybridized carbons (Fsp3) is 0.536. The van der Waals surface area contributed by atoms with E-state index in [0.29, 0.717) is 29.8 Å². The second-order valence-corrected chi connectivity index (χ2v) is 11.2. The third-order valence-corrected chi connectivity index (χ3v) is 9.39. The largest absolute Gasteiger partial charge is 0.504 e.